The van der Waals surface area contributed by atoms with Crippen LogP contribution >= 0.6 is 0 Å². The van der Waals surface area contributed by atoms with Crippen molar-refractivity contribution in [1.29, 1.82) is 0 Å². The van der Waals surface area contributed by atoms with E-state index in [0.717, 1.165) is 5.56 Å². The minimum Gasteiger partial charge on any atom is -0.496 e. The van der Waals surface area contributed by atoms with Gasteiger partial charge in [0.2, 0.25) is 0 Å². The van der Waals surface area contributed by atoms with Crippen molar-refractivity contribution in [3.05, 3.63) is 90.0 Å². The van der Waals surface area contributed by atoms with Crippen molar-refractivity contribution in [3.8, 4) is 11.5 Å². The Hall–Kier alpha value is -3.80. The summed E-state index contributed by atoms with van der Waals surface area (Å²) in [6.07, 6.45) is 0.450. The average molecular weight is 414 g/mol. The molecular formula is C25H22N2O4. The Bertz CT molecular complexity index is 1160. The minimum atomic E-state index is -0.922. The summed E-state index contributed by atoms with van der Waals surface area (Å²) < 4.78 is 11.7. The first-order chi connectivity index (χ1) is 15.0. The number of rotatable bonds is 3. The molecule has 2 aliphatic rings. The quantitative estimate of drug-likeness (QED) is 0.604. The lowest BCUT2D eigenvalue weighted by Gasteiger charge is -2.53. The van der Waals surface area contributed by atoms with Gasteiger partial charge < -0.3 is 9.47 Å². The first kappa shape index (κ1) is 19.2. The SMILES string of the molecule is COc1ccccc1C(=O)N1C(=O)N(c2ccccc2)[C@@]2(C)C[C@H]1c1ccccc1O2. The molecule has 2 bridgehead atoms. The maximum Gasteiger partial charge on any atom is 0.335 e. The lowest BCUT2D eigenvalue weighted by atomic mass is 9.88. The van der Waals surface area contributed by atoms with Crippen LogP contribution in [0.25, 0.3) is 0 Å². The van der Waals surface area contributed by atoms with E-state index in [-0.39, 0.29) is 0 Å². The second-order valence-corrected chi connectivity index (χ2v) is 7.86. The maximum atomic E-state index is 13.9. The van der Waals surface area contributed by atoms with Gasteiger partial charge in [0.05, 0.1) is 18.7 Å². The molecule has 3 aromatic carbocycles. The second kappa shape index (κ2) is 7.16. The number of anilines is 1. The third-order valence-electron chi connectivity index (χ3n) is 5.93. The molecule has 0 aliphatic carbocycles. The zero-order valence-corrected chi connectivity index (χ0v) is 17.3. The number of amides is 3. The monoisotopic (exact) mass is 414 g/mol. The van der Waals surface area contributed by atoms with Crippen LogP contribution in [-0.4, -0.2) is 29.7 Å². The number of hydrogen-bond donors (Lipinski definition) is 0. The molecule has 0 spiro atoms. The van der Waals surface area contributed by atoms with Crippen molar-refractivity contribution in [1.82, 2.24) is 4.90 Å². The van der Waals surface area contributed by atoms with Crippen molar-refractivity contribution in [3.63, 3.8) is 0 Å². The fourth-order valence-electron chi connectivity index (χ4n) is 4.55. The normalized spacial score (nSPS) is 21.9. The zero-order chi connectivity index (χ0) is 21.6. The van der Waals surface area contributed by atoms with Gasteiger partial charge in [0.15, 0.2) is 5.72 Å². The van der Waals surface area contributed by atoms with Crippen molar-refractivity contribution in [2.75, 3.05) is 12.0 Å². The third-order valence-corrected chi connectivity index (χ3v) is 5.93. The molecule has 2 heterocycles. The van der Waals surface area contributed by atoms with E-state index in [1.165, 1.54) is 12.0 Å². The Balaban J connectivity index is 1.69. The van der Waals surface area contributed by atoms with Crippen LogP contribution in [0.2, 0.25) is 0 Å². The van der Waals surface area contributed by atoms with E-state index in [1.807, 2.05) is 61.5 Å². The van der Waals surface area contributed by atoms with E-state index in [2.05, 4.69) is 0 Å². The lowest BCUT2D eigenvalue weighted by molar-refractivity contribution is 0.00261. The molecule has 156 valence electrons. The highest BCUT2D eigenvalue weighted by molar-refractivity contribution is 6.11. The molecule has 2 aliphatic heterocycles. The van der Waals surface area contributed by atoms with Gasteiger partial charge in [-0.15, -0.1) is 0 Å². The summed E-state index contributed by atoms with van der Waals surface area (Å²) in [6.45, 7) is 1.89. The van der Waals surface area contributed by atoms with Gasteiger partial charge in [0.1, 0.15) is 11.5 Å². The van der Waals surface area contributed by atoms with Crippen LogP contribution < -0.4 is 14.4 Å². The van der Waals surface area contributed by atoms with Gasteiger partial charge in [-0.05, 0) is 37.3 Å². The van der Waals surface area contributed by atoms with Crippen LogP contribution in [0.3, 0.4) is 0 Å². The third kappa shape index (κ3) is 2.94. The Morgan fingerprint density at radius 2 is 1.68 bits per heavy atom. The number of nitrogens with zero attached hydrogens (tertiary/aromatic N) is 2. The van der Waals surface area contributed by atoms with Gasteiger partial charge in [-0.1, -0.05) is 48.5 Å². The summed E-state index contributed by atoms with van der Waals surface area (Å²) in [5.74, 6) is 0.708. The molecule has 1 saturated heterocycles. The number of carbonyl (C=O) groups excluding carboxylic acids is 2. The Morgan fingerprint density at radius 1 is 1.00 bits per heavy atom. The zero-order valence-electron chi connectivity index (χ0n) is 17.3. The van der Waals surface area contributed by atoms with Gasteiger partial charge in [-0.2, -0.15) is 0 Å². The van der Waals surface area contributed by atoms with Gasteiger partial charge in [0.25, 0.3) is 5.91 Å². The number of carbonyl (C=O) groups is 2. The largest absolute Gasteiger partial charge is 0.496 e. The topological polar surface area (TPSA) is 59.1 Å². The number of para-hydroxylation sites is 3. The standard InChI is InChI=1S/C25H22N2O4/c1-25-16-20(18-12-6-9-15-22(18)31-25)26(23(28)19-13-7-8-14-21(19)30-2)24(29)27(25)17-10-4-3-5-11-17/h3-15,20H,16H2,1-2H3/t20-,25+/m0/s1. The highest BCUT2D eigenvalue weighted by Gasteiger charge is 2.55. The van der Waals surface area contributed by atoms with Crippen LogP contribution in [0.5, 0.6) is 11.5 Å². The first-order valence-electron chi connectivity index (χ1n) is 10.2. The number of methoxy groups -OCH3 is 1. The minimum absolute atomic E-state index is 0.346. The smallest absolute Gasteiger partial charge is 0.335 e. The summed E-state index contributed by atoms with van der Waals surface area (Å²) in [5, 5.41) is 0. The predicted molar refractivity (Wildman–Crippen MR) is 116 cm³/mol. The highest BCUT2D eigenvalue weighted by atomic mass is 16.5. The van der Waals surface area contributed by atoms with E-state index in [0.29, 0.717) is 29.2 Å². The molecule has 1 fully saturated rings. The van der Waals surface area contributed by atoms with E-state index in [9.17, 15) is 9.59 Å². The first-order valence-corrected chi connectivity index (χ1v) is 10.2. The fraction of sp³-hybridized carbons (Fsp3) is 0.200. The fourth-order valence-corrected chi connectivity index (χ4v) is 4.55. The van der Waals surface area contributed by atoms with Crippen LogP contribution in [-0.2, 0) is 0 Å². The molecule has 31 heavy (non-hydrogen) atoms. The Kier molecular flexibility index (Phi) is 4.43. The molecule has 6 heteroatoms. The van der Waals surface area contributed by atoms with Crippen LogP contribution in [0, 0.1) is 0 Å². The van der Waals surface area contributed by atoms with Crippen molar-refractivity contribution in [2.45, 2.75) is 25.1 Å². The Morgan fingerprint density at radius 3 is 2.45 bits per heavy atom. The Labute approximate surface area is 180 Å². The van der Waals surface area contributed by atoms with Gasteiger partial charge in [0, 0.05) is 17.7 Å². The van der Waals surface area contributed by atoms with E-state index < -0.39 is 23.7 Å². The summed E-state index contributed by atoms with van der Waals surface area (Å²) in [4.78, 5) is 30.5. The molecule has 6 nitrogen and oxygen atoms in total. The molecule has 0 aromatic heterocycles. The number of imide groups is 1. The van der Waals surface area contributed by atoms with Crippen LogP contribution in [0.1, 0.15) is 35.3 Å². The number of benzene rings is 3. The molecule has 0 N–H and O–H groups in total. The second-order valence-electron chi connectivity index (χ2n) is 7.86. The maximum absolute atomic E-state index is 13.9. The predicted octanol–water partition coefficient (Wildman–Crippen LogP) is 5.02. The molecule has 5 rings (SSSR count). The lowest BCUT2D eigenvalue weighted by Crippen LogP contribution is -2.67. The highest BCUT2D eigenvalue weighted by Crippen LogP contribution is 2.49. The number of hydrogen-bond acceptors (Lipinski definition) is 4. The summed E-state index contributed by atoms with van der Waals surface area (Å²) in [7, 11) is 1.52. The average Bonchev–Trinajstić information content (AvgIpc) is 2.79. The van der Waals surface area contributed by atoms with Gasteiger partial charge >= 0.3 is 6.03 Å². The van der Waals surface area contributed by atoms with Crippen molar-refractivity contribution < 1.29 is 19.1 Å². The van der Waals surface area contributed by atoms with Crippen LogP contribution in [0.15, 0.2) is 78.9 Å². The summed E-state index contributed by atoms with van der Waals surface area (Å²) in [6, 6.07) is 23.0. The van der Waals surface area contributed by atoms with E-state index in [4.69, 9.17) is 9.47 Å². The van der Waals surface area contributed by atoms with Crippen molar-refractivity contribution >= 4 is 17.6 Å². The molecule has 3 amide bonds. The summed E-state index contributed by atoms with van der Waals surface area (Å²) >= 11 is 0. The van der Waals surface area contributed by atoms with E-state index >= 15 is 0 Å². The van der Waals surface area contributed by atoms with Crippen molar-refractivity contribution in [2.24, 2.45) is 0 Å². The molecule has 0 unspecified atom stereocenters. The van der Waals surface area contributed by atoms with Gasteiger partial charge in [-0.3, -0.25) is 14.6 Å². The van der Waals surface area contributed by atoms with Gasteiger partial charge in [-0.25, -0.2) is 4.79 Å². The summed E-state index contributed by atoms with van der Waals surface area (Å²) in [5.41, 5.74) is 0.920. The van der Waals surface area contributed by atoms with Crippen LogP contribution in [0.4, 0.5) is 10.5 Å². The molecule has 0 saturated carbocycles. The molecule has 0 radical (unpaired) electrons. The van der Waals surface area contributed by atoms with E-state index in [1.54, 1.807) is 29.2 Å². The molecule has 2 atom stereocenters. The molecular weight excluding hydrogens is 392 g/mol. The number of fused-ring (bicyclic) bond motifs is 4. The number of urea groups is 1. The number of ether oxygens (including phenoxy) is 2. The molecule has 3 aromatic rings.